The zero-order valence-electron chi connectivity index (χ0n) is 11.2. The van der Waals surface area contributed by atoms with Crippen LogP contribution < -0.4 is 0 Å². The molecule has 0 bridgehead atoms. The highest BCUT2D eigenvalue weighted by molar-refractivity contribution is 7.13. The van der Waals surface area contributed by atoms with Crippen LogP contribution in [0.1, 0.15) is 32.2 Å². The third-order valence-electron chi connectivity index (χ3n) is 3.05. The van der Waals surface area contributed by atoms with Crippen molar-refractivity contribution in [1.29, 1.82) is 0 Å². The summed E-state index contributed by atoms with van der Waals surface area (Å²) < 4.78 is 6.85. The quantitative estimate of drug-likeness (QED) is 0.759. The molecule has 0 saturated heterocycles. The van der Waals surface area contributed by atoms with Gasteiger partial charge in [0.2, 0.25) is 0 Å². The molecule has 0 aliphatic heterocycles. The van der Waals surface area contributed by atoms with E-state index < -0.39 is 0 Å². The molecule has 2 heterocycles. The molecule has 2 aromatic rings. The molecule has 0 aromatic carbocycles. The molecule has 102 valence electrons. The second kappa shape index (κ2) is 6.52. The fourth-order valence-electron chi connectivity index (χ4n) is 2.07. The molecule has 5 heteroatoms. The molecule has 0 N–H and O–H groups in total. The Kier molecular flexibility index (Phi) is 4.74. The summed E-state index contributed by atoms with van der Waals surface area (Å²) in [6.45, 7) is 2.11. The minimum Gasteiger partial charge on any atom is -0.467 e. The van der Waals surface area contributed by atoms with E-state index in [1.165, 1.54) is 7.11 Å². The van der Waals surface area contributed by atoms with Crippen molar-refractivity contribution in [3.05, 3.63) is 29.9 Å². The molecule has 1 unspecified atom stereocenters. The van der Waals surface area contributed by atoms with Gasteiger partial charge in [0.05, 0.1) is 12.0 Å². The van der Waals surface area contributed by atoms with E-state index in [-0.39, 0.29) is 12.0 Å². The van der Waals surface area contributed by atoms with Gasteiger partial charge in [0.15, 0.2) is 5.82 Å². The summed E-state index contributed by atoms with van der Waals surface area (Å²) in [7, 11) is 1.43. The average Bonchev–Trinajstić information content (AvgIpc) is 3.09. The van der Waals surface area contributed by atoms with Crippen LogP contribution in [0.5, 0.6) is 0 Å². The third-order valence-corrected chi connectivity index (χ3v) is 3.92. The summed E-state index contributed by atoms with van der Waals surface area (Å²) in [4.78, 5) is 17.4. The van der Waals surface area contributed by atoms with Crippen LogP contribution in [0.4, 0.5) is 0 Å². The lowest BCUT2D eigenvalue weighted by Gasteiger charge is -2.17. The number of carbonyl (C=O) groups excluding carboxylic acids is 1. The van der Waals surface area contributed by atoms with Crippen molar-refractivity contribution in [1.82, 2.24) is 9.55 Å². The first-order valence-corrected chi connectivity index (χ1v) is 7.30. The van der Waals surface area contributed by atoms with Crippen molar-refractivity contribution in [2.75, 3.05) is 7.11 Å². The van der Waals surface area contributed by atoms with Gasteiger partial charge in [-0.25, -0.2) is 9.78 Å². The van der Waals surface area contributed by atoms with Crippen molar-refractivity contribution in [3.8, 4) is 10.7 Å². The largest absolute Gasteiger partial charge is 0.467 e. The Morgan fingerprint density at radius 1 is 1.58 bits per heavy atom. The van der Waals surface area contributed by atoms with Crippen LogP contribution in [0.15, 0.2) is 29.9 Å². The molecule has 0 radical (unpaired) electrons. The number of aromatic nitrogens is 2. The van der Waals surface area contributed by atoms with Crippen LogP contribution in [0.25, 0.3) is 10.7 Å². The predicted molar refractivity (Wildman–Crippen MR) is 76.1 cm³/mol. The maximum atomic E-state index is 12.0. The van der Waals surface area contributed by atoms with E-state index in [4.69, 9.17) is 4.74 Å². The Labute approximate surface area is 117 Å². The molecule has 1 atom stereocenters. The first kappa shape index (κ1) is 13.8. The lowest BCUT2D eigenvalue weighted by atomic mass is 10.1. The monoisotopic (exact) mass is 278 g/mol. The first-order chi connectivity index (χ1) is 9.27. The molecule has 0 amide bonds. The van der Waals surface area contributed by atoms with E-state index in [1.54, 1.807) is 17.5 Å². The number of esters is 1. The van der Waals surface area contributed by atoms with Crippen molar-refractivity contribution in [2.45, 2.75) is 32.2 Å². The molecule has 4 nitrogen and oxygen atoms in total. The second-order valence-electron chi connectivity index (χ2n) is 4.32. The summed E-state index contributed by atoms with van der Waals surface area (Å²) >= 11 is 1.62. The van der Waals surface area contributed by atoms with Gasteiger partial charge in [-0.2, -0.15) is 0 Å². The summed E-state index contributed by atoms with van der Waals surface area (Å²) in [6.07, 6.45) is 6.40. The summed E-state index contributed by atoms with van der Waals surface area (Å²) in [5.41, 5.74) is 0. The van der Waals surface area contributed by atoms with Gasteiger partial charge in [-0.1, -0.05) is 25.8 Å². The fraction of sp³-hybridized carbons (Fsp3) is 0.429. The molecule has 19 heavy (non-hydrogen) atoms. The zero-order valence-corrected chi connectivity index (χ0v) is 12.0. The van der Waals surface area contributed by atoms with Crippen molar-refractivity contribution < 1.29 is 9.53 Å². The van der Waals surface area contributed by atoms with Gasteiger partial charge in [0.25, 0.3) is 0 Å². The smallest absolute Gasteiger partial charge is 0.328 e. The maximum absolute atomic E-state index is 12.0. The number of hydrogen-bond donors (Lipinski definition) is 0. The fourth-order valence-corrected chi connectivity index (χ4v) is 2.79. The SMILES string of the molecule is CCCCC(C(=O)OC)n1ccnc1-c1cccs1. The molecule has 2 rings (SSSR count). The second-order valence-corrected chi connectivity index (χ2v) is 5.26. The number of rotatable bonds is 6. The Balaban J connectivity index is 2.31. The standard InChI is InChI=1S/C14H18N2O2S/c1-3-4-6-11(14(17)18-2)16-9-8-15-13(16)12-7-5-10-19-12/h5,7-11H,3-4,6H2,1-2H3. The summed E-state index contributed by atoms with van der Waals surface area (Å²) in [5, 5.41) is 2.01. The Morgan fingerprint density at radius 2 is 2.42 bits per heavy atom. The zero-order chi connectivity index (χ0) is 13.7. The predicted octanol–water partition coefficient (Wildman–Crippen LogP) is 3.52. The van der Waals surface area contributed by atoms with Crippen LogP contribution >= 0.6 is 11.3 Å². The van der Waals surface area contributed by atoms with Gasteiger partial charge in [0, 0.05) is 12.4 Å². The number of carbonyl (C=O) groups is 1. The number of thiophene rings is 1. The average molecular weight is 278 g/mol. The Bertz CT molecular complexity index is 519. The summed E-state index contributed by atoms with van der Waals surface area (Å²) in [5.74, 6) is 0.630. The van der Waals surface area contributed by atoms with Crippen molar-refractivity contribution in [3.63, 3.8) is 0 Å². The molecule has 0 spiro atoms. The van der Waals surface area contributed by atoms with E-state index in [0.29, 0.717) is 0 Å². The minimum absolute atomic E-state index is 0.204. The van der Waals surface area contributed by atoms with Crippen molar-refractivity contribution in [2.24, 2.45) is 0 Å². The van der Waals surface area contributed by atoms with Crippen LogP contribution in [0.2, 0.25) is 0 Å². The Morgan fingerprint density at radius 3 is 3.05 bits per heavy atom. The van der Waals surface area contributed by atoms with E-state index in [1.807, 2.05) is 28.3 Å². The number of unbranched alkanes of at least 4 members (excludes halogenated alkanes) is 1. The van der Waals surface area contributed by atoms with Gasteiger partial charge in [-0.3, -0.25) is 0 Å². The maximum Gasteiger partial charge on any atom is 0.328 e. The normalized spacial score (nSPS) is 12.3. The molecule has 0 aliphatic rings. The molecular formula is C14H18N2O2S. The van der Waals surface area contributed by atoms with Gasteiger partial charge in [-0.05, 0) is 17.9 Å². The highest BCUT2D eigenvalue weighted by Crippen LogP contribution is 2.28. The number of imidazole rings is 1. The summed E-state index contributed by atoms with van der Waals surface area (Å²) in [6, 6.07) is 3.71. The topological polar surface area (TPSA) is 44.1 Å². The molecule has 0 saturated carbocycles. The van der Waals surface area contributed by atoms with Crippen LogP contribution in [0.3, 0.4) is 0 Å². The lowest BCUT2D eigenvalue weighted by Crippen LogP contribution is -2.21. The van der Waals surface area contributed by atoms with Gasteiger partial charge < -0.3 is 9.30 Å². The van der Waals surface area contributed by atoms with Crippen molar-refractivity contribution >= 4 is 17.3 Å². The van der Waals surface area contributed by atoms with Gasteiger partial charge in [0.1, 0.15) is 6.04 Å². The highest BCUT2D eigenvalue weighted by atomic mass is 32.1. The van der Waals surface area contributed by atoms with E-state index in [2.05, 4.69) is 11.9 Å². The molecular weight excluding hydrogens is 260 g/mol. The van der Waals surface area contributed by atoms with E-state index in [9.17, 15) is 4.79 Å². The number of nitrogens with zero attached hydrogens (tertiary/aromatic N) is 2. The van der Waals surface area contributed by atoms with Crippen LogP contribution in [-0.2, 0) is 9.53 Å². The van der Waals surface area contributed by atoms with E-state index in [0.717, 1.165) is 30.0 Å². The molecule has 0 aliphatic carbocycles. The Hall–Kier alpha value is -1.62. The van der Waals surface area contributed by atoms with Gasteiger partial charge in [-0.15, -0.1) is 11.3 Å². The van der Waals surface area contributed by atoms with Gasteiger partial charge >= 0.3 is 5.97 Å². The van der Waals surface area contributed by atoms with Crippen LogP contribution in [-0.4, -0.2) is 22.6 Å². The first-order valence-electron chi connectivity index (χ1n) is 6.42. The lowest BCUT2D eigenvalue weighted by molar-refractivity contribution is -0.144. The number of hydrogen-bond acceptors (Lipinski definition) is 4. The third kappa shape index (κ3) is 3.04. The molecule has 2 aromatic heterocycles. The number of methoxy groups -OCH3 is 1. The van der Waals surface area contributed by atoms with E-state index >= 15 is 0 Å². The molecule has 0 fully saturated rings. The minimum atomic E-state index is -0.287. The highest BCUT2D eigenvalue weighted by Gasteiger charge is 2.23. The number of ether oxygens (including phenoxy) is 1. The van der Waals surface area contributed by atoms with Crippen LogP contribution in [0, 0.1) is 0 Å².